The van der Waals surface area contributed by atoms with Crippen LogP contribution < -0.4 is 19.8 Å². The molecule has 9 nitrogen and oxygen atoms in total. The zero-order chi connectivity index (χ0) is 26.9. The molecular formula is C27H21FN4O5S. The number of benzene rings is 3. The summed E-state index contributed by atoms with van der Waals surface area (Å²) < 4.78 is 54.4. The highest BCUT2D eigenvalue weighted by molar-refractivity contribution is 7.92. The van der Waals surface area contributed by atoms with Gasteiger partial charge in [-0.05, 0) is 65.7 Å². The molecule has 0 radical (unpaired) electrons. The predicted molar refractivity (Wildman–Crippen MR) is 141 cm³/mol. The first kappa shape index (κ1) is 24.9. The number of nitrogens with one attached hydrogen (secondary N) is 1. The second kappa shape index (κ2) is 9.94. The third-order valence-electron chi connectivity index (χ3n) is 5.83. The molecule has 0 amide bonds. The number of aromatic nitrogens is 3. The maximum absolute atomic E-state index is 14.1. The van der Waals surface area contributed by atoms with E-state index in [2.05, 4.69) is 14.7 Å². The first-order chi connectivity index (χ1) is 18.3. The van der Waals surface area contributed by atoms with Crippen molar-refractivity contribution in [3.05, 3.63) is 101 Å². The molecule has 0 atom stereocenters. The van der Waals surface area contributed by atoms with Gasteiger partial charge in [0.15, 0.2) is 0 Å². The molecule has 2 heterocycles. The molecule has 2 aromatic heterocycles. The van der Waals surface area contributed by atoms with Crippen LogP contribution >= 0.6 is 0 Å². The highest BCUT2D eigenvalue weighted by Gasteiger charge is 2.18. The van der Waals surface area contributed by atoms with E-state index in [0.29, 0.717) is 39.2 Å². The first-order valence-electron chi connectivity index (χ1n) is 11.3. The van der Waals surface area contributed by atoms with E-state index in [9.17, 15) is 17.6 Å². The Labute approximate surface area is 217 Å². The average Bonchev–Trinajstić information content (AvgIpc) is 2.92. The number of sulfonamides is 1. The Kier molecular flexibility index (Phi) is 6.52. The summed E-state index contributed by atoms with van der Waals surface area (Å²) in [6.07, 6.45) is 2.85. The fourth-order valence-electron chi connectivity index (χ4n) is 4.06. The van der Waals surface area contributed by atoms with E-state index >= 15 is 0 Å². The van der Waals surface area contributed by atoms with Crippen LogP contribution in [0.2, 0.25) is 0 Å². The Balaban J connectivity index is 1.59. The van der Waals surface area contributed by atoms with Crippen molar-refractivity contribution in [1.29, 1.82) is 0 Å². The average molecular weight is 533 g/mol. The fourth-order valence-corrected chi connectivity index (χ4v) is 5.05. The SMILES string of the molecule is COc1cc(F)cc(-c2ccc(-n3c(=O)ccc4cc(S(=O)(=O)Nc5ncccn5)ccc43)c(OC)c2)c1. The minimum Gasteiger partial charge on any atom is -0.497 e. The highest BCUT2D eigenvalue weighted by Crippen LogP contribution is 2.33. The van der Waals surface area contributed by atoms with Crippen molar-refractivity contribution >= 4 is 26.9 Å². The lowest BCUT2D eigenvalue weighted by molar-refractivity contribution is 0.411. The lowest BCUT2D eigenvalue weighted by Gasteiger charge is -2.16. The van der Waals surface area contributed by atoms with Gasteiger partial charge in [0.25, 0.3) is 15.6 Å². The minimum absolute atomic E-state index is 0.0231. The zero-order valence-corrected chi connectivity index (χ0v) is 21.1. The van der Waals surface area contributed by atoms with E-state index in [-0.39, 0.29) is 16.4 Å². The molecule has 0 unspecified atom stereocenters. The quantitative estimate of drug-likeness (QED) is 0.331. The molecule has 0 saturated heterocycles. The molecule has 11 heteroatoms. The van der Waals surface area contributed by atoms with Crippen LogP contribution in [0.1, 0.15) is 0 Å². The molecule has 0 fully saturated rings. The van der Waals surface area contributed by atoms with Gasteiger partial charge in [0, 0.05) is 29.9 Å². The first-order valence-corrected chi connectivity index (χ1v) is 12.8. The van der Waals surface area contributed by atoms with Crippen molar-refractivity contribution in [1.82, 2.24) is 14.5 Å². The number of hydrogen-bond donors (Lipinski definition) is 1. The number of nitrogens with zero attached hydrogens (tertiary/aromatic N) is 3. The van der Waals surface area contributed by atoms with Crippen LogP contribution in [0.3, 0.4) is 0 Å². The number of ether oxygens (including phenoxy) is 2. The molecule has 0 aliphatic heterocycles. The van der Waals surface area contributed by atoms with Crippen LogP contribution in [0, 0.1) is 5.82 Å². The predicted octanol–water partition coefficient (Wildman–Crippen LogP) is 4.40. The molecule has 0 spiro atoms. The largest absolute Gasteiger partial charge is 0.497 e. The van der Waals surface area contributed by atoms with Gasteiger partial charge in [0.2, 0.25) is 5.95 Å². The van der Waals surface area contributed by atoms with Crippen LogP contribution in [0.4, 0.5) is 10.3 Å². The zero-order valence-electron chi connectivity index (χ0n) is 20.3. The van der Waals surface area contributed by atoms with Gasteiger partial charge in [-0.15, -0.1) is 0 Å². The summed E-state index contributed by atoms with van der Waals surface area (Å²) in [6.45, 7) is 0. The summed E-state index contributed by atoms with van der Waals surface area (Å²) in [5.74, 6) is 0.220. The number of methoxy groups -OCH3 is 2. The maximum atomic E-state index is 14.1. The van der Waals surface area contributed by atoms with E-state index in [1.54, 1.807) is 42.5 Å². The molecule has 0 aliphatic carbocycles. The van der Waals surface area contributed by atoms with Crippen molar-refractivity contribution in [2.75, 3.05) is 18.9 Å². The molecule has 1 N–H and O–H groups in total. The standard InChI is InChI=1S/C27H21FN4O5S/c1-36-21-13-19(12-20(28)16-21)17-4-7-24(25(15-17)37-2)32-23-8-6-22(14-18(23)5-9-26(32)33)38(34,35)31-27-29-10-3-11-30-27/h3-16H,1-2H3,(H,29,30,31). The van der Waals surface area contributed by atoms with Gasteiger partial charge in [0.05, 0.1) is 30.3 Å². The molecule has 3 aromatic carbocycles. The molecule has 0 aliphatic rings. The summed E-state index contributed by atoms with van der Waals surface area (Å²) in [5, 5.41) is 0.502. The molecule has 38 heavy (non-hydrogen) atoms. The summed E-state index contributed by atoms with van der Waals surface area (Å²) >= 11 is 0. The molecule has 0 saturated carbocycles. The second-order valence-electron chi connectivity index (χ2n) is 8.17. The van der Waals surface area contributed by atoms with Gasteiger partial charge >= 0.3 is 0 Å². The number of anilines is 1. The number of fused-ring (bicyclic) bond motifs is 1. The highest BCUT2D eigenvalue weighted by atomic mass is 32.2. The van der Waals surface area contributed by atoms with Crippen molar-refractivity contribution in [3.8, 4) is 28.3 Å². The monoisotopic (exact) mass is 532 g/mol. The molecule has 0 bridgehead atoms. The van der Waals surface area contributed by atoms with E-state index in [4.69, 9.17) is 9.47 Å². The molecule has 5 rings (SSSR count). The van der Waals surface area contributed by atoms with Gasteiger partial charge in [-0.25, -0.2) is 27.5 Å². The molecule has 192 valence electrons. The van der Waals surface area contributed by atoms with Gasteiger partial charge in [-0.3, -0.25) is 9.36 Å². The van der Waals surface area contributed by atoms with Gasteiger partial charge < -0.3 is 9.47 Å². The van der Waals surface area contributed by atoms with Crippen molar-refractivity contribution in [3.63, 3.8) is 0 Å². The van der Waals surface area contributed by atoms with Crippen LogP contribution in [0.5, 0.6) is 11.5 Å². The third kappa shape index (κ3) is 4.78. The Morgan fingerprint density at radius 3 is 2.39 bits per heavy atom. The summed E-state index contributed by atoms with van der Waals surface area (Å²) in [7, 11) is -1.06. The number of halogens is 1. The summed E-state index contributed by atoms with van der Waals surface area (Å²) in [6, 6.07) is 18.3. The second-order valence-corrected chi connectivity index (χ2v) is 9.85. The Hall–Kier alpha value is -4.77. The Morgan fingerprint density at radius 1 is 0.868 bits per heavy atom. The topological polar surface area (TPSA) is 112 Å². The molecule has 5 aromatic rings. The number of hydrogen-bond acceptors (Lipinski definition) is 7. The lowest BCUT2D eigenvalue weighted by atomic mass is 10.0. The summed E-state index contributed by atoms with van der Waals surface area (Å²) in [4.78, 5) is 20.8. The lowest BCUT2D eigenvalue weighted by Crippen LogP contribution is -2.19. The Bertz CT molecular complexity index is 1830. The van der Waals surface area contributed by atoms with Crippen LogP contribution in [0.15, 0.2) is 94.9 Å². The molecular weight excluding hydrogens is 511 g/mol. The van der Waals surface area contributed by atoms with Gasteiger partial charge in [0.1, 0.15) is 17.3 Å². The van der Waals surface area contributed by atoms with Crippen molar-refractivity contribution in [2.45, 2.75) is 4.90 Å². The smallest absolute Gasteiger partial charge is 0.264 e. The van der Waals surface area contributed by atoms with Gasteiger partial charge in [-0.2, -0.15) is 0 Å². The van der Waals surface area contributed by atoms with Crippen LogP contribution in [-0.2, 0) is 10.0 Å². The van der Waals surface area contributed by atoms with Gasteiger partial charge in [-0.1, -0.05) is 6.07 Å². The Morgan fingerprint density at radius 2 is 1.66 bits per heavy atom. The normalized spacial score (nSPS) is 11.3. The summed E-state index contributed by atoms with van der Waals surface area (Å²) in [5.41, 5.74) is 1.77. The van der Waals surface area contributed by atoms with E-state index in [0.717, 1.165) is 0 Å². The van der Waals surface area contributed by atoms with E-state index < -0.39 is 15.8 Å². The van der Waals surface area contributed by atoms with Crippen molar-refractivity contribution < 1.29 is 22.3 Å². The maximum Gasteiger partial charge on any atom is 0.264 e. The van der Waals surface area contributed by atoms with Crippen LogP contribution in [-0.4, -0.2) is 37.2 Å². The van der Waals surface area contributed by atoms with Crippen LogP contribution in [0.25, 0.3) is 27.7 Å². The fraction of sp³-hybridized carbons (Fsp3) is 0.0741. The number of pyridine rings is 1. The van der Waals surface area contributed by atoms with E-state index in [1.165, 1.54) is 61.5 Å². The van der Waals surface area contributed by atoms with E-state index in [1.807, 2.05) is 0 Å². The number of rotatable bonds is 7. The third-order valence-corrected chi connectivity index (χ3v) is 7.15. The minimum atomic E-state index is -3.98. The van der Waals surface area contributed by atoms with Crippen molar-refractivity contribution in [2.24, 2.45) is 0 Å².